The number of hydrogen-bond acceptors (Lipinski definition) is 6. The molecule has 26 heavy (non-hydrogen) atoms. The number of amides is 4. The maximum Gasteiger partial charge on any atom is 0.329 e. The molecule has 1 rings (SSSR count). The Bertz CT molecular complexity index is 666. The maximum absolute atomic E-state index is 12.3. The standard InChI is InChI=1S/C17H23N3O5S/c1-11-5-4-6-12(9-11)15(22)19-13(7-8-26-3)16(23)25-10-14(21)20-17(24)18-2/h4-6,9,13H,7-8,10H2,1-3H3,(H,19,22)(H2,18,20,21,24)/t13-/m0/s1. The Morgan fingerprint density at radius 1 is 1.23 bits per heavy atom. The van der Waals surface area contributed by atoms with Crippen LogP contribution in [0, 0.1) is 6.92 Å². The van der Waals surface area contributed by atoms with Gasteiger partial charge in [-0.2, -0.15) is 11.8 Å². The molecule has 1 aromatic carbocycles. The van der Waals surface area contributed by atoms with Gasteiger partial charge in [0.2, 0.25) is 0 Å². The van der Waals surface area contributed by atoms with Crippen molar-refractivity contribution in [1.82, 2.24) is 16.0 Å². The fraction of sp³-hybridized carbons (Fsp3) is 0.412. The number of urea groups is 1. The highest BCUT2D eigenvalue weighted by atomic mass is 32.2. The van der Waals surface area contributed by atoms with Crippen LogP contribution >= 0.6 is 11.8 Å². The second-order valence-electron chi connectivity index (χ2n) is 5.41. The summed E-state index contributed by atoms with van der Waals surface area (Å²) in [5, 5.41) is 6.83. The van der Waals surface area contributed by atoms with Crippen LogP contribution in [0.2, 0.25) is 0 Å². The van der Waals surface area contributed by atoms with Gasteiger partial charge in [0.25, 0.3) is 11.8 Å². The number of benzene rings is 1. The van der Waals surface area contributed by atoms with Gasteiger partial charge in [0.1, 0.15) is 6.04 Å². The van der Waals surface area contributed by atoms with Gasteiger partial charge in [0.15, 0.2) is 6.61 Å². The molecule has 4 amide bonds. The van der Waals surface area contributed by atoms with Crippen molar-refractivity contribution in [2.75, 3.05) is 25.7 Å². The van der Waals surface area contributed by atoms with Gasteiger partial charge < -0.3 is 15.4 Å². The SMILES string of the molecule is CNC(=O)NC(=O)COC(=O)[C@H](CCSC)NC(=O)c1cccc(C)c1. The summed E-state index contributed by atoms with van der Waals surface area (Å²) in [5.41, 5.74) is 1.36. The lowest BCUT2D eigenvalue weighted by Gasteiger charge is -2.17. The molecule has 9 heteroatoms. The molecule has 1 aromatic rings. The third-order valence-electron chi connectivity index (χ3n) is 3.31. The smallest absolute Gasteiger partial charge is 0.329 e. The summed E-state index contributed by atoms with van der Waals surface area (Å²) in [6.45, 7) is 1.25. The molecule has 0 saturated carbocycles. The van der Waals surface area contributed by atoms with E-state index >= 15 is 0 Å². The first-order chi connectivity index (χ1) is 12.4. The zero-order valence-corrected chi connectivity index (χ0v) is 15.8. The summed E-state index contributed by atoms with van der Waals surface area (Å²) < 4.78 is 4.91. The van der Waals surface area contributed by atoms with Crippen molar-refractivity contribution in [3.63, 3.8) is 0 Å². The molecule has 0 saturated heterocycles. The van der Waals surface area contributed by atoms with Gasteiger partial charge in [-0.25, -0.2) is 9.59 Å². The number of imide groups is 1. The zero-order chi connectivity index (χ0) is 19.5. The summed E-state index contributed by atoms with van der Waals surface area (Å²) >= 11 is 1.52. The van der Waals surface area contributed by atoms with Gasteiger partial charge in [0.05, 0.1) is 0 Å². The first kappa shape index (κ1) is 21.5. The first-order valence-electron chi connectivity index (χ1n) is 7.92. The Labute approximate surface area is 156 Å². The van der Waals surface area contributed by atoms with E-state index in [1.807, 2.05) is 24.6 Å². The monoisotopic (exact) mass is 381 g/mol. The van der Waals surface area contributed by atoms with Crippen LogP contribution in [0.1, 0.15) is 22.3 Å². The van der Waals surface area contributed by atoms with Crippen molar-refractivity contribution >= 4 is 35.6 Å². The van der Waals surface area contributed by atoms with Crippen molar-refractivity contribution in [2.45, 2.75) is 19.4 Å². The molecular weight excluding hydrogens is 358 g/mol. The number of aryl methyl sites for hydroxylation is 1. The lowest BCUT2D eigenvalue weighted by molar-refractivity contribution is -0.150. The second-order valence-corrected chi connectivity index (χ2v) is 6.40. The molecule has 0 unspecified atom stereocenters. The van der Waals surface area contributed by atoms with Gasteiger partial charge in [-0.1, -0.05) is 17.7 Å². The molecule has 0 aromatic heterocycles. The number of thioether (sulfide) groups is 1. The van der Waals surface area contributed by atoms with E-state index in [-0.39, 0.29) is 0 Å². The Balaban J connectivity index is 2.66. The predicted octanol–water partition coefficient (Wildman–Crippen LogP) is 0.845. The minimum Gasteiger partial charge on any atom is -0.454 e. The van der Waals surface area contributed by atoms with Gasteiger partial charge in [-0.15, -0.1) is 0 Å². The van der Waals surface area contributed by atoms with Crippen LogP contribution in [-0.4, -0.2) is 55.5 Å². The lowest BCUT2D eigenvalue weighted by atomic mass is 10.1. The summed E-state index contributed by atoms with van der Waals surface area (Å²) in [7, 11) is 1.36. The number of carbonyl (C=O) groups is 4. The molecule has 3 N–H and O–H groups in total. The number of esters is 1. The Morgan fingerprint density at radius 2 is 1.96 bits per heavy atom. The normalized spacial score (nSPS) is 11.2. The fourth-order valence-corrected chi connectivity index (χ4v) is 2.45. The molecule has 0 bridgehead atoms. The largest absolute Gasteiger partial charge is 0.454 e. The van der Waals surface area contributed by atoms with E-state index in [9.17, 15) is 19.2 Å². The number of carbonyl (C=O) groups excluding carboxylic acids is 4. The van der Waals surface area contributed by atoms with Gasteiger partial charge in [0, 0.05) is 12.6 Å². The van der Waals surface area contributed by atoms with Crippen molar-refractivity contribution in [2.24, 2.45) is 0 Å². The Kier molecular flexibility index (Phi) is 9.21. The van der Waals surface area contributed by atoms with Crippen LogP contribution in [0.5, 0.6) is 0 Å². The summed E-state index contributed by atoms with van der Waals surface area (Å²) in [6.07, 6.45) is 2.23. The number of hydrogen-bond donors (Lipinski definition) is 3. The lowest BCUT2D eigenvalue weighted by Crippen LogP contribution is -2.44. The molecular formula is C17H23N3O5S. The highest BCUT2D eigenvalue weighted by Gasteiger charge is 2.23. The molecule has 0 heterocycles. The molecule has 0 spiro atoms. The fourth-order valence-electron chi connectivity index (χ4n) is 1.98. The van der Waals surface area contributed by atoms with E-state index in [2.05, 4.69) is 10.6 Å². The minimum absolute atomic E-state index is 0.356. The summed E-state index contributed by atoms with van der Waals surface area (Å²) in [5.74, 6) is -1.26. The quantitative estimate of drug-likeness (QED) is 0.575. The van der Waals surface area contributed by atoms with Crippen LogP contribution < -0.4 is 16.0 Å². The average molecular weight is 381 g/mol. The van der Waals surface area contributed by atoms with E-state index in [4.69, 9.17) is 4.74 Å². The van der Waals surface area contributed by atoms with E-state index in [0.29, 0.717) is 17.7 Å². The first-order valence-corrected chi connectivity index (χ1v) is 9.31. The Morgan fingerprint density at radius 3 is 2.58 bits per heavy atom. The average Bonchev–Trinajstić information content (AvgIpc) is 2.62. The number of rotatable bonds is 8. The third kappa shape index (κ3) is 7.56. The van der Waals surface area contributed by atoms with Crippen LogP contribution in [0.3, 0.4) is 0 Å². The maximum atomic E-state index is 12.3. The van der Waals surface area contributed by atoms with Crippen molar-refractivity contribution in [1.29, 1.82) is 0 Å². The zero-order valence-electron chi connectivity index (χ0n) is 15.0. The van der Waals surface area contributed by atoms with Crippen molar-refractivity contribution in [3.8, 4) is 0 Å². The molecule has 0 fully saturated rings. The minimum atomic E-state index is -0.886. The van der Waals surface area contributed by atoms with Gasteiger partial charge >= 0.3 is 12.0 Å². The van der Waals surface area contributed by atoms with Gasteiger partial charge in [-0.3, -0.25) is 14.9 Å². The topological polar surface area (TPSA) is 114 Å². The summed E-state index contributed by atoms with van der Waals surface area (Å²) in [4.78, 5) is 47.1. The molecule has 142 valence electrons. The number of ether oxygens (including phenoxy) is 1. The number of nitrogens with one attached hydrogen (secondary N) is 3. The third-order valence-corrected chi connectivity index (χ3v) is 3.95. The van der Waals surface area contributed by atoms with E-state index in [1.165, 1.54) is 18.8 Å². The molecule has 0 radical (unpaired) electrons. The highest BCUT2D eigenvalue weighted by molar-refractivity contribution is 7.98. The molecule has 1 atom stereocenters. The second kappa shape index (κ2) is 11.1. The van der Waals surface area contributed by atoms with E-state index < -0.39 is 36.5 Å². The van der Waals surface area contributed by atoms with E-state index in [0.717, 1.165) is 5.56 Å². The Hall–Kier alpha value is -2.55. The van der Waals surface area contributed by atoms with Crippen LogP contribution in [-0.2, 0) is 14.3 Å². The van der Waals surface area contributed by atoms with Gasteiger partial charge in [-0.05, 0) is 37.5 Å². The van der Waals surface area contributed by atoms with E-state index in [1.54, 1.807) is 18.2 Å². The van der Waals surface area contributed by atoms with Crippen molar-refractivity contribution < 1.29 is 23.9 Å². The van der Waals surface area contributed by atoms with Crippen LogP contribution in [0.25, 0.3) is 0 Å². The van der Waals surface area contributed by atoms with Crippen molar-refractivity contribution in [3.05, 3.63) is 35.4 Å². The van der Waals surface area contributed by atoms with Crippen LogP contribution in [0.4, 0.5) is 4.79 Å². The predicted molar refractivity (Wildman–Crippen MR) is 99.0 cm³/mol. The molecule has 0 aliphatic rings. The molecule has 8 nitrogen and oxygen atoms in total. The van der Waals surface area contributed by atoms with Crippen LogP contribution in [0.15, 0.2) is 24.3 Å². The highest BCUT2D eigenvalue weighted by Crippen LogP contribution is 2.07. The summed E-state index contributed by atoms with van der Waals surface area (Å²) in [6, 6.07) is 5.39. The molecule has 0 aliphatic heterocycles. The molecule has 0 aliphatic carbocycles.